The summed E-state index contributed by atoms with van der Waals surface area (Å²) in [6, 6.07) is 21.2. The van der Waals surface area contributed by atoms with Crippen LogP contribution in [0.15, 0.2) is 73.1 Å². The molecule has 12 rings (SSSR count). The van der Waals surface area contributed by atoms with Gasteiger partial charge >= 0.3 is 0 Å². The molecule has 0 radical (unpaired) electrons. The number of piperidine rings is 3. The standard InChI is InChI=1S/C58H68FN11O5/c1-35(2)69-34-60-48-32-47(64-53(52(48)69)63-46-10-5-4-9-44(46)59)37-15-19-43-49(29-37)70(41-30-40(31-41)66-24-6-3-7-25-66)57(75)58(43)22-27-67(28-23-58)56(74)38-21-26-68(33-38)55(73)36-13-16-39(17-14-36)61-50-12-8-11-45(62-50)42-18-20-51(71)65-54(42)72/h4-5,8-12,15,19,29,32,34-36,38-42H,3,6-7,13-14,16-18,20-28,30-31,33H2,1-2H3,(H,61,62)(H,63,64)(H,65,71,72)/t36?,38-,39?,40?,41?,42?/m1/s1. The quantitative estimate of drug-likeness (QED) is 0.109. The van der Waals surface area contributed by atoms with E-state index in [-0.39, 0.29) is 65.3 Å². The van der Waals surface area contributed by atoms with Crippen molar-refractivity contribution in [1.29, 1.82) is 0 Å². The van der Waals surface area contributed by atoms with E-state index < -0.39 is 11.3 Å². The molecular formula is C58H68FN11O5. The fraction of sp³-hybridized carbons (Fsp3) is 0.517. The molecule has 1 spiro atoms. The highest BCUT2D eigenvalue weighted by Gasteiger charge is 2.56. The smallest absolute Gasteiger partial charge is 0.238 e. The first-order valence-electron chi connectivity index (χ1n) is 27.7. The minimum atomic E-state index is -0.760. The van der Waals surface area contributed by atoms with Crippen LogP contribution in [-0.4, -0.2) is 121 Å². The van der Waals surface area contributed by atoms with Crippen LogP contribution < -0.4 is 20.9 Å². The Kier molecular flexibility index (Phi) is 13.2. The minimum Gasteiger partial charge on any atom is -0.367 e. The number of nitrogens with one attached hydrogen (secondary N) is 3. The first-order valence-corrected chi connectivity index (χ1v) is 27.7. The van der Waals surface area contributed by atoms with Gasteiger partial charge in [0.1, 0.15) is 17.2 Å². The molecule has 17 heteroatoms. The number of hydrogen-bond donors (Lipinski definition) is 3. The van der Waals surface area contributed by atoms with Crippen LogP contribution in [0.5, 0.6) is 0 Å². The molecule has 8 heterocycles. The van der Waals surface area contributed by atoms with E-state index in [0.29, 0.717) is 93.0 Å². The van der Waals surface area contributed by atoms with Crippen LogP contribution in [0.1, 0.15) is 127 Å². The minimum absolute atomic E-state index is 0.0715. The van der Waals surface area contributed by atoms with E-state index in [1.165, 1.54) is 25.3 Å². The van der Waals surface area contributed by atoms with Gasteiger partial charge in [0.05, 0.1) is 46.2 Å². The van der Waals surface area contributed by atoms with Gasteiger partial charge in [0.15, 0.2) is 5.82 Å². The number of likely N-dealkylation sites (tertiary alicyclic amines) is 3. The number of benzene rings is 2. The second-order valence-corrected chi connectivity index (χ2v) is 22.7. The van der Waals surface area contributed by atoms with Crippen LogP contribution in [0.2, 0.25) is 0 Å². The molecule has 5 aromatic rings. The lowest BCUT2D eigenvalue weighted by molar-refractivity contribution is -0.140. The fourth-order valence-corrected chi connectivity index (χ4v) is 13.5. The summed E-state index contributed by atoms with van der Waals surface area (Å²) in [4.78, 5) is 91.0. The third-order valence-corrected chi connectivity index (χ3v) is 17.9. The monoisotopic (exact) mass is 1020 g/mol. The highest BCUT2D eigenvalue weighted by molar-refractivity contribution is 6.09. The molecule has 4 saturated heterocycles. The largest absolute Gasteiger partial charge is 0.367 e. The Morgan fingerprint density at radius 2 is 1.56 bits per heavy atom. The molecule has 3 aromatic heterocycles. The summed E-state index contributed by atoms with van der Waals surface area (Å²) in [6.45, 7) is 8.30. The summed E-state index contributed by atoms with van der Waals surface area (Å²) in [6.07, 6.45) is 12.9. The Labute approximate surface area is 437 Å². The van der Waals surface area contributed by atoms with Crippen LogP contribution in [-0.2, 0) is 29.4 Å². The molecule has 5 amide bonds. The molecule has 7 aliphatic rings. The number of carbonyl (C=O) groups is 5. The predicted molar refractivity (Wildman–Crippen MR) is 284 cm³/mol. The van der Waals surface area contributed by atoms with E-state index in [2.05, 4.69) is 57.8 Å². The van der Waals surface area contributed by atoms with Gasteiger partial charge in [-0.1, -0.05) is 36.8 Å². The molecule has 3 N–H and O–H groups in total. The molecule has 1 unspecified atom stereocenters. The lowest BCUT2D eigenvalue weighted by Crippen LogP contribution is -2.58. The zero-order valence-corrected chi connectivity index (χ0v) is 43.1. The van der Waals surface area contributed by atoms with Gasteiger partial charge in [0, 0.05) is 73.9 Å². The van der Waals surface area contributed by atoms with E-state index >= 15 is 9.18 Å². The summed E-state index contributed by atoms with van der Waals surface area (Å²) in [5.41, 5.74) is 5.17. The van der Waals surface area contributed by atoms with E-state index in [4.69, 9.17) is 15.0 Å². The van der Waals surface area contributed by atoms with Gasteiger partial charge in [-0.15, -0.1) is 0 Å². The predicted octanol–water partition coefficient (Wildman–Crippen LogP) is 8.22. The van der Waals surface area contributed by atoms with Crippen molar-refractivity contribution >= 4 is 63.6 Å². The van der Waals surface area contributed by atoms with Crippen molar-refractivity contribution in [3.05, 3.63) is 90.1 Å². The second kappa shape index (κ2) is 20.1. The first-order chi connectivity index (χ1) is 36.4. The van der Waals surface area contributed by atoms with Gasteiger partial charge in [-0.05, 0) is 146 Å². The SMILES string of the molecule is CC(C)n1cnc2cc(-c3ccc4c(c3)N(C3CC(N5CCCCC5)C3)C(=O)C43CCN(C(=O)[C@@H]4CCN(C(=O)C5CCC(Nc6cccc(C7CCC(=O)NC7=O)n6)CC5)C4)CC3)nc(Nc3ccccc3F)c21. The van der Waals surface area contributed by atoms with Crippen molar-refractivity contribution in [3.63, 3.8) is 0 Å². The number of imidazole rings is 1. The lowest BCUT2D eigenvalue weighted by Gasteiger charge is -2.48. The highest BCUT2D eigenvalue weighted by Crippen LogP contribution is 2.52. The maximum absolute atomic E-state index is 15.3. The normalized spacial score (nSPS) is 25.9. The number of anilines is 4. The van der Waals surface area contributed by atoms with E-state index in [1.807, 2.05) is 38.6 Å². The number of rotatable bonds is 11. The Bertz CT molecular complexity index is 3040. The van der Waals surface area contributed by atoms with Gasteiger partial charge in [0.2, 0.25) is 29.5 Å². The zero-order valence-electron chi connectivity index (χ0n) is 43.1. The number of imide groups is 1. The Balaban J connectivity index is 0.721. The number of nitrogens with zero attached hydrogens (tertiary/aromatic N) is 8. The van der Waals surface area contributed by atoms with Crippen molar-refractivity contribution in [3.8, 4) is 11.3 Å². The lowest BCUT2D eigenvalue weighted by atomic mass is 9.73. The maximum atomic E-state index is 15.3. The van der Waals surface area contributed by atoms with Crippen LogP contribution in [0, 0.1) is 17.7 Å². The topological polar surface area (TPSA) is 178 Å². The number of amides is 5. The Morgan fingerprint density at radius 1 is 0.787 bits per heavy atom. The Hall–Kier alpha value is -6.75. The van der Waals surface area contributed by atoms with Gasteiger partial charge in [-0.25, -0.2) is 19.3 Å². The van der Waals surface area contributed by atoms with Crippen LogP contribution in [0.25, 0.3) is 22.3 Å². The summed E-state index contributed by atoms with van der Waals surface area (Å²) in [5, 5.41) is 9.23. The third kappa shape index (κ3) is 9.22. The summed E-state index contributed by atoms with van der Waals surface area (Å²) < 4.78 is 17.2. The molecule has 2 atom stereocenters. The maximum Gasteiger partial charge on any atom is 0.238 e. The number of carbonyl (C=O) groups excluding carboxylic acids is 5. The molecule has 0 bridgehead atoms. The number of hydrogen-bond acceptors (Lipinski definition) is 11. The number of fused-ring (bicyclic) bond motifs is 3. The summed E-state index contributed by atoms with van der Waals surface area (Å²) in [5.74, 6) is -0.243. The number of pyridine rings is 2. The number of aromatic nitrogens is 4. The highest BCUT2D eigenvalue weighted by atomic mass is 19.1. The Morgan fingerprint density at radius 3 is 2.32 bits per heavy atom. The van der Waals surface area contributed by atoms with E-state index in [1.54, 1.807) is 24.5 Å². The van der Waals surface area contributed by atoms with Crippen molar-refractivity contribution in [2.24, 2.45) is 11.8 Å². The molecule has 5 aliphatic heterocycles. The average molecular weight is 1020 g/mol. The summed E-state index contributed by atoms with van der Waals surface area (Å²) in [7, 11) is 0. The summed E-state index contributed by atoms with van der Waals surface area (Å²) >= 11 is 0. The van der Waals surface area contributed by atoms with Crippen LogP contribution in [0.3, 0.4) is 0 Å². The van der Waals surface area contributed by atoms with Crippen molar-refractivity contribution in [1.82, 2.24) is 39.5 Å². The van der Waals surface area contributed by atoms with Crippen molar-refractivity contribution in [2.75, 3.05) is 54.8 Å². The van der Waals surface area contributed by atoms with Gasteiger partial charge in [-0.3, -0.25) is 29.3 Å². The first kappa shape index (κ1) is 49.1. The molecule has 6 fully saturated rings. The van der Waals surface area contributed by atoms with Crippen molar-refractivity contribution < 1.29 is 28.4 Å². The second-order valence-electron chi connectivity index (χ2n) is 22.7. The molecule has 75 heavy (non-hydrogen) atoms. The number of para-hydroxylation sites is 1. The van der Waals surface area contributed by atoms with Gasteiger partial charge in [0.25, 0.3) is 0 Å². The van der Waals surface area contributed by atoms with Gasteiger partial charge in [-0.2, -0.15) is 0 Å². The van der Waals surface area contributed by atoms with Crippen LogP contribution in [0.4, 0.5) is 27.4 Å². The zero-order chi connectivity index (χ0) is 51.5. The average Bonchev–Trinajstić information content (AvgIpc) is 4.14. The van der Waals surface area contributed by atoms with Crippen molar-refractivity contribution in [2.45, 2.75) is 139 Å². The number of halogens is 1. The molecule has 2 saturated carbocycles. The molecule has 16 nitrogen and oxygen atoms in total. The van der Waals surface area contributed by atoms with Crippen LogP contribution >= 0.6 is 0 Å². The van der Waals surface area contributed by atoms with E-state index in [9.17, 15) is 19.2 Å². The molecular weight excluding hydrogens is 950 g/mol. The third-order valence-electron chi connectivity index (χ3n) is 17.9. The van der Waals surface area contributed by atoms with E-state index in [0.717, 1.165) is 79.5 Å². The fourth-order valence-electron chi connectivity index (χ4n) is 13.5. The molecule has 2 aliphatic carbocycles. The molecule has 392 valence electrons. The van der Waals surface area contributed by atoms with Gasteiger partial charge < -0.3 is 34.8 Å². The molecule has 2 aromatic carbocycles.